The van der Waals surface area contributed by atoms with Crippen LogP contribution < -0.4 is 5.32 Å². The molecule has 0 saturated heterocycles. The highest BCUT2D eigenvalue weighted by Crippen LogP contribution is 2.22. The van der Waals surface area contributed by atoms with Gasteiger partial charge in [0, 0.05) is 10.6 Å². The van der Waals surface area contributed by atoms with E-state index in [1.807, 2.05) is 18.4 Å². The predicted molar refractivity (Wildman–Crippen MR) is 57.3 cm³/mol. The van der Waals surface area contributed by atoms with E-state index in [2.05, 4.69) is 18.3 Å². The minimum Gasteiger partial charge on any atom is -0.328 e. The molecule has 3 heteroatoms. The second kappa shape index (κ2) is 4.92. The second-order valence-corrected chi connectivity index (χ2v) is 3.52. The molecule has 0 aliphatic heterocycles. The lowest BCUT2D eigenvalue weighted by molar-refractivity contribution is -0.105. The van der Waals surface area contributed by atoms with Crippen LogP contribution in [0.15, 0.2) is 23.1 Å². The summed E-state index contributed by atoms with van der Waals surface area (Å²) in [7, 11) is 0. The van der Waals surface area contributed by atoms with E-state index < -0.39 is 0 Å². The van der Waals surface area contributed by atoms with Crippen LogP contribution in [-0.2, 0) is 11.2 Å². The Labute approximate surface area is 82.7 Å². The fraction of sp³-hybridized carbons (Fsp3) is 0.300. The lowest BCUT2D eigenvalue weighted by Crippen LogP contribution is -1.98. The summed E-state index contributed by atoms with van der Waals surface area (Å²) in [5.41, 5.74) is 2.09. The molecule has 0 atom stereocenters. The molecule has 0 aromatic heterocycles. The number of rotatable bonds is 4. The van der Waals surface area contributed by atoms with Gasteiger partial charge in [-0.15, -0.1) is 11.8 Å². The molecule has 0 radical (unpaired) electrons. The highest BCUT2D eigenvalue weighted by atomic mass is 32.2. The molecule has 1 amide bonds. The quantitative estimate of drug-likeness (QED) is 0.591. The number of nitrogens with one attached hydrogen (secondary N) is 1. The van der Waals surface area contributed by atoms with E-state index in [9.17, 15) is 4.79 Å². The molecule has 1 aromatic rings. The minimum absolute atomic E-state index is 0.716. The minimum atomic E-state index is 0.716. The van der Waals surface area contributed by atoms with Crippen LogP contribution >= 0.6 is 11.8 Å². The maximum Gasteiger partial charge on any atom is 0.211 e. The molecule has 1 rings (SSSR count). The third-order valence-electron chi connectivity index (χ3n) is 1.91. The maximum atomic E-state index is 10.3. The molecule has 0 spiro atoms. The van der Waals surface area contributed by atoms with E-state index in [1.54, 1.807) is 11.8 Å². The third kappa shape index (κ3) is 2.49. The van der Waals surface area contributed by atoms with E-state index in [-0.39, 0.29) is 0 Å². The van der Waals surface area contributed by atoms with Crippen LogP contribution in [0.3, 0.4) is 0 Å². The molecular weight excluding hydrogens is 182 g/mol. The van der Waals surface area contributed by atoms with Gasteiger partial charge in [0.25, 0.3) is 0 Å². The molecule has 2 nitrogen and oxygen atoms in total. The zero-order chi connectivity index (χ0) is 9.68. The number of thioether (sulfide) groups is 1. The average Bonchev–Trinajstić information content (AvgIpc) is 2.19. The molecule has 0 unspecified atom stereocenters. The Morgan fingerprint density at radius 2 is 2.31 bits per heavy atom. The van der Waals surface area contributed by atoms with Crippen LogP contribution in [-0.4, -0.2) is 12.7 Å². The molecule has 1 N–H and O–H groups in total. The van der Waals surface area contributed by atoms with Gasteiger partial charge >= 0.3 is 0 Å². The SMILES string of the molecule is CCc1cc(SC)ccc1NC=O. The number of benzene rings is 1. The zero-order valence-electron chi connectivity index (χ0n) is 7.83. The molecular formula is C10H13NOS. The predicted octanol–water partition coefficient (Wildman–Crippen LogP) is 2.54. The largest absolute Gasteiger partial charge is 0.328 e. The van der Waals surface area contributed by atoms with Gasteiger partial charge in [-0.25, -0.2) is 0 Å². The van der Waals surface area contributed by atoms with Crippen LogP contribution in [0.5, 0.6) is 0 Å². The van der Waals surface area contributed by atoms with Gasteiger partial charge < -0.3 is 5.32 Å². The van der Waals surface area contributed by atoms with Gasteiger partial charge in [-0.2, -0.15) is 0 Å². The van der Waals surface area contributed by atoms with Crippen molar-refractivity contribution >= 4 is 23.9 Å². The van der Waals surface area contributed by atoms with Gasteiger partial charge in [-0.1, -0.05) is 6.92 Å². The molecule has 1 aromatic carbocycles. The number of hydrogen-bond acceptors (Lipinski definition) is 2. The molecule has 0 bridgehead atoms. The lowest BCUT2D eigenvalue weighted by Gasteiger charge is -2.07. The standard InChI is InChI=1S/C10H13NOS/c1-3-8-6-9(13-2)4-5-10(8)11-7-12/h4-7H,3H2,1-2H3,(H,11,12). The van der Waals surface area contributed by atoms with Crippen LogP contribution in [0.4, 0.5) is 5.69 Å². The monoisotopic (exact) mass is 195 g/mol. The van der Waals surface area contributed by atoms with Crippen molar-refractivity contribution in [2.24, 2.45) is 0 Å². The second-order valence-electron chi connectivity index (χ2n) is 2.64. The summed E-state index contributed by atoms with van der Waals surface area (Å²) in [6.07, 6.45) is 3.69. The van der Waals surface area contributed by atoms with Crippen LogP contribution in [0, 0.1) is 0 Å². The molecule has 70 valence electrons. The summed E-state index contributed by atoms with van der Waals surface area (Å²) in [6.45, 7) is 2.08. The Bertz CT molecular complexity index is 299. The zero-order valence-corrected chi connectivity index (χ0v) is 8.65. The fourth-order valence-corrected chi connectivity index (χ4v) is 1.66. The number of hydrogen-bond donors (Lipinski definition) is 1. The maximum absolute atomic E-state index is 10.3. The van der Waals surface area contributed by atoms with Gasteiger partial charge in [-0.3, -0.25) is 4.79 Å². The third-order valence-corrected chi connectivity index (χ3v) is 2.63. The number of carbonyl (C=O) groups is 1. The Hall–Kier alpha value is -0.960. The lowest BCUT2D eigenvalue weighted by atomic mass is 10.1. The number of carbonyl (C=O) groups excluding carboxylic acids is 1. The van der Waals surface area contributed by atoms with Crippen molar-refractivity contribution < 1.29 is 4.79 Å². The van der Waals surface area contributed by atoms with Gasteiger partial charge in [-0.05, 0) is 36.4 Å². The van der Waals surface area contributed by atoms with E-state index in [0.717, 1.165) is 12.1 Å². The van der Waals surface area contributed by atoms with Crippen molar-refractivity contribution in [3.8, 4) is 0 Å². The number of anilines is 1. The summed E-state index contributed by atoms with van der Waals surface area (Å²) in [5.74, 6) is 0. The Kier molecular flexibility index (Phi) is 3.83. The van der Waals surface area contributed by atoms with Crippen LogP contribution in [0.1, 0.15) is 12.5 Å². The summed E-state index contributed by atoms with van der Waals surface area (Å²) in [5, 5.41) is 2.69. The van der Waals surface area contributed by atoms with Crippen molar-refractivity contribution in [1.82, 2.24) is 0 Å². The number of aryl methyl sites for hydroxylation is 1. The summed E-state index contributed by atoms with van der Waals surface area (Å²) in [4.78, 5) is 11.5. The fourth-order valence-electron chi connectivity index (χ4n) is 1.19. The first-order valence-corrected chi connectivity index (χ1v) is 5.41. The van der Waals surface area contributed by atoms with E-state index >= 15 is 0 Å². The molecule has 0 aliphatic rings. The van der Waals surface area contributed by atoms with Crippen molar-refractivity contribution in [2.75, 3.05) is 11.6 Å². The summed E-state index contributed by atoms with van der Waals surface area (Å²) in [6, 6.07) is 6.06. The first-order chi connectivity index (χ1) is 6.31. The Balaban J connectivity index is 3.00. The van der Waals surface area contributed by atoms with Crippen molar-refractivity contribution in [3.63, 3.8) is 0 Å². The topological polar surface area (TPSA) is 29.1 Å². The summed E-state index contributed by atoms with van der Waals surface area (Å²) >= 11 is 1.71. The highest BCUT2D eigenvalue weighted by Gasteiger charge is 2.00. The molecule has 0 saturated carbocycles. The van der Waals surface area contributed by atoms with Crippen LogP contribution in [0.2, 0.25) is 0 Å². The normalized spacial score (nSPS) is 9.69. The van der Waals surface area contributed by atoms with Crippen molar-refractivity contribution in [3.05, 3.63) is 23.8 Å². The van der Waals surface area contributed by atoms with Crippen molar-refractivity contribution in [2.45, 2.75) is 18.2 Å². The van der Waals surface area contributed by atoms with Crippen molar-refractivity contribution in [1.29, 1.82) is 0 Å². The molecule has 0 heterocycles. The van der Waals surface area contributed by atoms with Crippen LogP contribution in [0.25, 0.3) is 0 Å². The van der Waals surface area contributed by atoms with Gasteiger partial charge in [0.15, 0.2) is 0 Å². The summed E-state index contributed by atoms with van der Waals surface area (Å²) < 4.78 is 0. The smallest absolute Gasteiger partial charge is 0.211 e. The molecule has 13 heavy (non-hydrogen) atoms. The number of amides is 1. The van der Waals surface area contributed by atoms with Gasteiger partial charge in [0.2, 0.25) is 6.41 Å². The van der Waals surface area contributed by atoms with E-state index in [0.29, 0.717) is 6.41 Å². The molecule has 0 aliphatic carbocycles. The van der Waals surface area contributed by atoms with E-state index in [1.165, 1.54) is 10.5 Å². The Morgan fingerprint density at radius 1 is 1.54 bits per heavy atom. The Morgan fingerprint density at radius 3 is 2.85 bits per heavy atom. The highest BCUT2D eigenvalue weighted by molar-refractivity contribution is 7.98. The molecule has 0 fully saturated rings. The van der Waals surface area contributed by atoms with Gasteiger partial charge in [0.05, 0.1) is 0 Å². The average molecular weight is 195 g/mol. The first kappa shape index (κ1) is 10.1. The van der Waals surface area contributed by atoms with Gasteiger partial charge in [0.1, 0.15) is 0 Å². The van der Waals surface area contributed by atoms with E-state index in [4.69, 9.17) is 0 Å². The first-order valence-electron chi connectivity index (χ1n) is 4.19.